The lowest BCUT2D eigenvalue weighted by atomic mass is 9.98. The van der Waals surface area contributed by atoms with Crippen LogP contribution in [0.4, 0.5) is 0 Å². The molecule has 1 heterocycles. The van der Waals surface area contributed by atoms with Crippen molar-refractivity contribution in [2.75, 3.05) is 13.7 Å². The van der Waals surface area contributed by atoms with Crippen LogP contribution in [0.25, 0.3) is 0 Å². The SMILES string of the molecule is CCNC(Cc1ccc(C)cn1)c1cc(C)ccc1OC. The van der Waals surface area contributed by atoms with Gasteiger partial charge in [-0.25, -0.2) is 0 Å². The normalized spacial score (nSPS) is 12.2. The van der Waals surface area contributed by atoms with Crippen molar-refractivity contribution in [3.8, 4) is 5.75 Å². The van der Waals surface area contributed by atoms with Crippen LogP contribution in [0.1, 0.15) is 35.3 Å². The van der Waals surface area contributed by atoms with Gasteiger partial charge in [0.1, 0.15) is 5.75 Å². The summed E-state index contributed by atoms with van der Waals surface area (Å²) in [5, 5.41) is 3.54. The summed E-state index contributed by atoms with van der Waals surface area (Å²) in [6.07, 6.45) is 2.78. The maximum Gasteiger partial charge on any atom is 0.123 e. The van der Waals surface area contributed by atoms with Gasteiger partial charge in [0.2, 0.25) is 0 Å². The van der Waals surface area contributed by atoms with E-state index in [0.717, 1.165) is 24.4 Å². The van der Waals surface area contributed by atoms with Crippen molar-refractivity contribution >= 4 is 0 Å². The highest BCUT2D eigenvalue weighted by Crippen LogP contribution is 2.28. The fraction of sp³-hybridized carbons (Fsp3) is 0.389. The molecule has 0 aliphatic heterocycles. The highest BCUT2D eigenvalue weighted by atomic mass is 16.5. The molecule has 2 aromatic rings. The highest BCUT2D eigenvalue weighted by Gasteiger charge is 2.16. The van der Waals surface area contributed by atoms with Crippen LogP contribution in [0.15, 0.2) is 36.5 Å². The second-order valence-corrected chi connectivity index (χ2v) is 5.39. The fourth-order valence-corrected chi connectivity index (χ4v) is 2.49. The van der Waals surface area contributed by atoms with Gasteiger partial charge in [0.25, 0.3) is 0 Å². The van der Waals surface area contributed by atoms with E-state index in [1.54, 1.807) is 7.11 Å². The van der Waals surface area contributed by atoms with E-state index in [9.17, 15) is 0 Å². The van der Waals surface area contributed by atoms with Crippen molar-refractivity contribution in [2.24, 2.45) is 0 Å². The van der Waals surface area contributed by atoms with E-state index < -0.39 is 0 Å². The minimum Gasteiger partial charge on any atom is -0.496 e. The minimum absolute atomic E-state index is 0.208. The van der Waals surface area contributed by atoms with E-state index in [2.05, 4.69) is 55.3 Å². The summed E-state index contributed by atoms with van der Waals surface area (Å²) < 4.78 is 5.52. The third-order valence-electron chi connectivity index (χ3n) is 3.60. The third-order valence-corrected chi connectivity index (χ3v) is 3.60. The summed E-state index contributed by atoms with van der Waals surface area (Å²) in [5.41, 5.74) is 4.72. The second-order valence-electron chi connectivity index (χ2n) is 5.39. The monoisotopic (exact) mass is 284 g/mol. The van der Waals surface area contributed by atoms with Crippen LogP contribution in [0.5, 0.6) is 5.75 Å². The molecule has 0 saturated heterocycles. The number of pyridine rings is 1. The first-order chi connectivity index (χ1) is 10.1. The highest BCUT2D eigenvalue weighted by molar-refractivity contribution is 5.39. The Hall–Kier alpha value is -1.87. The van der Waals surface area contributed by atoms with E-state index in [1.165, 1.54) is 16.7 Å². The fourth-order valence-electron chi connectivity index (χ4n) is 2.49. The van der Waals surface area contributed by atoms with Crippen LogP contribution in [-0.4, -0.2) is 18.6 Å². The molecular weight excluding hydrogens is 260 g/mol. The molecule has 3 heteroatoms. The maximum atomic E-state index is 5.52. The van der Waals surface area contributed by atoms with Gasteiger partial charge < -0.3 is 10.1 Å². The van der Waals surface area contributed by atoms with E-state index >= 15 is 0 Å². The van der Waals surface area contributed by atoms with E-state index in [-0.39, 0.29) is 6.04 Å². The molecule has 112 valence electrons. The Morgan fingerprint density at radius 3 is 2.52 bits per heavy atom. The molecule has 3 nitrogen and oxygen atoms in total. The molecule has 2 rings (SSSR count). The average Bonchev–Trinajstić information content (AvgIpc) is 2.49. The van der Waals surface area contributed by atoms with Gasteiger partial charge in [0, 0.05) is 29.9 Å². The number of likely N-dealkylation sites (N-methyl/N-ethyl adjacent to an activating group) is 1. The number of hydrogen-bond donors (Lipinski definition) is 1. The number of benzene rings is 1. The second kappa shape index (κ2) is 7.23. The summed E-state index contributed by atoms with van der Waals surface area (Å²) in [5.74, 6) is 0.929. The topological polar surface area (TPSA) is 34.2 Å². The van der Waals surface area contributed by atoms with Gasteiger partial charge in [-0.1, -0.05) is 30.7 Å². The maximum absolute atomic E-state index is 5.52. The lowest BCUT2D eigenvalue weighted by molar-refractivity contribution is 0.398. The van der Waals surface area contributed by atoms with Gasteiger partial charge in [0.15, 0.2) is 0 Å². The van der Waals surface area contributed by atoms with Crippen LogP contribution in [0, 0.1) is 13.8 Å². The number of aryl methyl sites for hydroxylation is 2. The molecule has 1 aromatic carbocycles. The van der Waals surface area contributed by atoms with Crippen LogP contribution < -0.4 is 10.1 Å². The molecule has 21 heavy (non-hydrogen) atoms. The molecular formula is C18H24N2O. The van der Waals surface area contributed by atoms with Crippen LogP contribution in [0.3, 0.4) is 0 Å². The van der Waals surface area contributed by atoms with Crippen molar-refractivity contribution in [3.05, 3.63) is 58.9 Å². The van der Waals surface area contributed by atoms with Gasteiger partial charge in [0.05, 0.1) is 7.11 Å². The van der Waals surface area contributed by atoms with Crippen molar-refractivity contribution in [2.45, 2.75) is 33.2 Å². The van der Waals surface area contributed by atoms with Crippen LogP contribution in [0.2, 0.25) is 0 Å². The number of methoxy groups -OCH3 is 1. The van der Waals surface area contributed by atoms with Crippen molar-refractivity contribution < 1.29 is 4.74 Å². The Balaban J connectivity index is 2.30. The summed E-state index contributed by atoms with van der Waals surface area (Å²) in [7, 11) is 1.72. The van der Waals surface area contributed by atoms with Crippen molar-refractivity contribution in [1.82, 2.24) is 10.3 Å². The molecule has 1 aromatic heterocycles. The van der Waals surface area contributed by atoms with E-state index in [1.807, 2.05) is 12.3 Å². The zero-order valence-corrected chi connectivity index (χ0v) is 13.3. The number of nitrogens with one attached hydrogen (secondary N) is 1. The van der Waals surface area contributed by atoms with Gasteiger partial charge in [-0.15, -0.1) is 0 Å². The molecule has 0 fully saturated rings. The average molecular weight is 284 g/mol. The molecule has 0 bridgehead atoms. The molecule has 0 saturated carbocycles. The number of aromatic nitrogens is 1. The Morgan fingerprint density at radius 1 is 1.14 bits per heavy atom. The van der Waals surface area contributed by atoms with Gasteiger partial charge in [-0.05, 0) is 38.1 Å². The lowest BCUT2D eigenvalue weighted by Gasteiger charge is -2.21. The van der Waals surface area contributed by atoms with Crippen LogP contribution >= 0.6 is 0 Å². The zero-order valence-electron chi connectivity index (χ0n) is 13.3. The quantitative estimate of drug-likeness (QED) is 0.880. The van der Waals surface area contributed by atoms with Gasteiger partial charge in [-0.3, -0.25) is 4.98 Å². The molecule has 0 amide bonds. The summed E-state index contributed by atoms with van der Waals surface area (Å²) in [4.78, 5) is 4.52. The summed E-state index contributed by atoms with van der Waals surface area (Å²) in [6, 6.07) is 10.7. The number of ether oxygens (including phenoxy) is 1. The van der Waals surface area contributed by atoms with Crippen molar-refractivity contribution in [3.63, 3.8) is 0 Å². The van der Waals surface area contributed by atoms with E-state index in [4.69, 9.17) is 4.74 Å². The number of nitrogens with zero attached hydrogens (tertiary/aromatic N) is 1. The lowest BCUT2D eigenvalue weighted by Crippen LogP contribution is -2.24. The van der Waals surface area contributed by atoms with Gasteiger partial charge in [-0.2, -0.15) is 0 Å². The van der Waals surface area contributed by atoms with Crippen LogP contribution in [-0.2, 0) is 6.42 Å². The minimum atomic E-state index is 0.208. The van der Waals surface area contributed by atoms with Crippen molar-refractivity contribution in [1.29, 1.82) is 0 Å². The molecule has 0 aliphatic rings. The Morgan fingerprint density at radius 2 is 1.90 bits per heavy atom. The number of rotatable bonds is 6. The summed E-state index contributed by atoms with van der Waals surface area (Å²) in [6.45, 7) is 7.20. The van der Waals surface area contributed by atoms with Gasteiger partial charge >= 0.3 is 0 Å². The summed E-state index contributed by atoms with van der Waals surface area (Å²) >= 11 is 0. The first-order valence-corrected chi connectivity index (χ1v) is 7.43. The molecule has 0 aliphatic carbocycles. The predicted molar refractivity (Wildman–Crippen MR) is 86.8 cm³/mol. The number of hydrogen-bond acceptors (Lipinski definition) is 3. The first kappa shape index (κ1) is 15.5. The molecule has 1 atom stereocenters. The molecule has 1 unspecified atom stereocenters. The third kappa shape index (κ3) is 4.05. The molecule has 0 spiro atoms. The Kier molecular flexibility index (Phi) is 5.34. The molecule has 0 radical (unpaired) electrons. The Bertz CT molecular complexity index is 578. The standard InChI is InChI=1S/C18H24N2O/c1-5-19-17(11-15-8-6-14(3)12-20-15)16-10-13(2)7-9-18(16)21-4/h6-10,12,17,19H,5,11H2,1-4H3. The smallest absolute Gasteiger partial charge is 0.123 e. The molecule has 1 N–H and O–H groups in total. The predicted octanol–water partition coefficient (Wildman–Crippen LogP) is 3.60. The van der Waals surface area contributed by atoms with E-state index in [0.29, 0.717) is 0 Å². The Labute approximate surface area is 127 Å². The zero-order chi connectivity index (χ0) is 15.2. The largest absolute Gasteiger partial charge is 0.496 e. The first-order valence-electron chi connectivity index (χ1n) is 7.43.